The van der Waals surface area contributed by atoms with Gasteiger partial charge in [0.1, 0.15) is 30.2 Å². The normalized spacial score (nSPS) is 16.5. The van der Waals surface area contributed by atoms with Crippen molar-refractivity contribution >= 4 is 59.3 Å². The maximum absolute atomic E-state index is 13.5. The molecule has 0 bridgehead atoms. The van der Waals surface area contributed by atoms with Gasteiger partial charge < -0.3 is 64.0 Å². The van der Waals surface area contributed by atoms with Crippen molar-refractivity contribution in [2.75, 3.05) is 19.6 Å². The summed E-state index contributed by atoms with van der Waals surface area (Å²) in [4.78, 5) is 117. The number of carboxylic acids is 3. The number of nitrogens with one attached hydrogen (secondary N) is 5. The number of carbonyl (C=O) groups excluding carboxylic acids is 6. The molecule has 0 aromatic carbocycles. The third-order valence-corrected chi connectivity index (χ3v) is 8.20. The fourth-order valence-corrected chi connectivity index (χ4v) is 5.40. The molecule has 22 nitrogen and oxygen atoms in total. The van der Waals surface area contributed by atoms with E-state index >= 15 is 0 Å². The van der Waals surface area contributed by atoms with Crippen LogP contribution in [0.5, 0.6) is 0 Å². The first kappa shape index (κ1) is 46.5. The Bertz CT molecular complexity index is 1400. The number of hydrogen-bond acceptors (Lipinski definition) is 11. The average molecular weight is 771 g/mol. The molecule has 22 heteroatoms. The number of carbonyl (C=O) groups is 9. The highest BCUT2D eigenvalue weighted by molar-refractivity contribution is 5.96. The first-order valence-electron chi connectivity index (χ1n) is 17.5. The van der Waals surface area contributed by atoms with Gasteiger partial charge in [0, 0.05) is 25.9 Å². The molecule has 0 aliphatic carbocycles. The van der Waals surface area contributed by atoms with Crippen molar-refractivity contribution in [1.29, 1.82) is 0 Å². The smallest absolute Gasteiger partial charge is 0.326 e. The molecular weight excluding hydrogens is 716 g/mol. The predicted molar refractivity (Wildman–Crippen MR) is 190 cm³/mol. The van der Waals surface area contributed by atoms with Gasteiger partial charge in [-0.15, -0.1) is 0 Å². The number of rotatable bonds is 24. The molecule has 0 unspecified atom stereocenters. The first-order chi connectivity index (χ1) is 25.2. The van der Waals surface area contributed by atoms with Gasteiger partial charge in [0.2, 0.25) is 35.4 Å². The van der Waals surface area contributed by atoms with Crippen LogP contribution in [0.3, 0.4) is 0 Å². The highest BCUT2D eigenvalue weighted by Crippen LogP contribution is 2.19. The quantitative estimate of drug-likeness (QED) is 0.0256. The maximum atomic E-state index is 13.5. The van der Waals surface area contributed by atoms with Gasteiger partial charge in [0.05, 0.1) is 12.6 Å². The van der Waals surface area contributed by atoms with Crippen molar-refractivity contribution in [3.8, 4) is 0 Å². The van der Waals surface area contributed by atoms with Gasteiger partial charge >= 0.3 is 17.9 Å². The minimum atomic E-state index is -1.57. The zero-order valence-electron chi connectivity index (χ0n) is 30.7. The SMILES string of the molecule is CC(C)C[C@H](NC(=O)[C@H](C)NC(=O)CNC(=O)[C@@H]1CCCN1C(=O)[C@@H](N)CCC(=O)O)C(=O)N[C@@H](CCCN=C(N)N)C(=O)N[C@@H](CCC(=O)O)C(=O)O. The van der Waals surface area contributed by atoms with Crippen molar-refractivity contribution in [2.45, 2.75) is 115 Å². The Morgan fingerprint density at radius 1 is 0.778 bits per heavy atom. The molecule has 0 saturated carbocycles. The van der Waals surface area contributed by atoms with Crippen molar-refractivity contribution in [2.24, 2.45) is 28.1 Å². The Kier molecular flexibility index (Phi) is 20.0. The molecular formula is C32H54N10O12. The van der Waals surface area contributed by atoms with Gasteiger partial charge in [0.25, 0.3) is 0 Å². The summed E-state index contributed by atoms with van der Waals surface area (Å²) in [6.07, 6.45) is -0.425. The van der Waals surface area contributed by atoms with Crippen LogP contribution in [0.2, 0.25) is 0 Å². The van der Waals surface area contributed by atoms with Crippen molar-refractivity contribution < 1.29 is 58.5 Å². The largest absolute Gasteiger partial charge is 0.481 e. The summed E-state index contributed by atoms with van der Waals surface area (Å²) < 4.78 is 0. The molecule has 0 radical (unpaired) electrons. The Morgan fingerprint density at radius 2 is 1.35 bits per heavy atom. The second-order valence-electron chi connectivity index (χ2n) is 13.3. The van der Waals surface area contributed by atoms with E-state index in [1.54, 1.807) is 13.8 Å². The number of nitrogens with zero attached hydrogens (tertiary/aromatic N) is 2. The van der Waals surface area contributed by atoms with E-state index in [2.05, 4.69) is 31.6 Å². The van der Waals surface area contributed by atoms with E-state index in [4.69, 9.17) is 27.4 Å². The standard InChI is InChI=1S/C32H54N10O12/c1-16(2)14-21(28(50)39-19(6-4-12-36-32(34)35)27(49)40-20(31(53)54)9-11-25(46)47)41-26(48)17(3)38-23(43)15-37-29(51)22-7-5-13-42(22)30(52)18(33)8-10-24(44)45/h16-22H,4-15,33H2,1-3H3,(H,37,51)(H,38,43)(H,39,50)(H,40,49)(H,41,48)(H,44,45)(H,46,47)(H,53,54)(H4,34,35,36)/t17-,18-,19-,20-,21-,22-/m0/s1. The number of guanidine groups is 1. The lowest BCUT2D eigenvalue weighted by atomic mass is 10.0. The Hall–Kier alpha value is -5.54. The van der Waals surface area contributed by atoms with Crippen LogP contribution in [0.4, 0.5) is 0 Å². The summed E-state index contributed by atoms with van der Waals surface area (Å²) in [5.74, 6) is -8.75. The topological polar surface area (TPSA) is 368 Å². The molecule has 14 N–H and O–H groups in total. The number of likely N-dealkylation sites (tertiary alicyclic amines) is 1. The lowest BCUT2D eigenvalue weighted by Gasteiger charge is -2.27. The summed E-state index contributed by atoms with van der Waals surface area (Å²) in [5.41, 5.74) is 16.5. The van der Waals surface area contributed by atoms with Crippen LogP contribution in [0.15, 0.2) is 4.99 Å². The fraction of sp³-hybridized carbons (Fsp3) is 0.688. The molecule has 6 atom stereocenters. The van der Waals surface area contributed by atoms with E-state index in [0.717, 1.165) is 0 Å². The molecule has 1 rings (SSSR count). The van der Waals surface area contributed by atoms with Crippen molar-refractivity contribution in [1.82, 2.24) is 31.5 Å². The Balaban J connectivity index is 2.92. The number of hydrogen-bond donors (Lipinski definition) is 11. The molecule has 304 valence electrons. The van der Waals surface area contributed by atoms with Gasteiger partial charge in [-0.1, -0.05) is 13.8 Å². The van der Waals surface area contributed by atoms with E-state index in [-0.39, 0.29) is 57.1 Å². The molecule has 0 aromatic heterocycles. The second kappa shape index (κ2) is 23.2. The molecule has 1 heterocycles. The molecule has 0 spiro atoms. The van der Waals surface area contributed by atoms with Crippen LogP contribution < -0.4 is 43.8 Å². The minimum Gasteiger partial charge on any atom is -0.481 e. The van der Waals surface area contributed by atoms with Crippen molar-refractivity contribution in [3.63, 3.8) is 0 Å². The summed E-state index contributed by atoms with van der Waals surface area (Å²) >= 11 is 0. The van der Waals surface area contributed by atoms with Gasteiger partial charge in [-0.25, -0.2) is 4.79 Å². The highest BCUT2D eigenvalue weighted by Gasteiger charge is 2.36. The van der Waals surface area contributed by atoms with Crippen LogP contribution in [0.1, 0.15) is 78.6 Å². The van der Waals surface area contributed by atoms with Crippen LogP contribution in [0, 0.1) is 5.92 Å². The molecule has 1 aliphatic heterocycles. The van der Waals surface area contributed by atoms with Crippen molar-refractivity contribution in [3.05, 3.63) is 0 Å². The Labute approximate surface area is 311 Å². The van der Waals surface area contributed by atoms with Gasteiger partial charge in [0.15, 0.2) is 5.96 Å². The van der Waals surface area contributed by atoms with Crippen LogP contribution in [-0.2, 0) is 43.2 Å². The van der Waals surface area contributed by atoms with Gasteiger partial charge in [-0.3, -0.25) is 43.3 Å². The van der Waals surface area contributed by atoms with E-state index in [1.165, 1.54) is 11.8 Å². The predicted octanol–water partition coefficient (Wildman–Crippen LogP) is -3.71. The van der Waals surface area contributed by atoms with Gasteiger partial charge in [-0.05, 0) is 57.8 Å². The van der Waals surface area contributed by atoms with E-state index in [0.29, 0.717) is 12.8 Å². The lowest BCUT2D eigenvalue weighted by Crippen LogP contribution is -2.58. The van der Waals surface area contributed by atoms with Crippen LogP contribution in [-0.4, -0.2) is 135 Å². The summed E-state index contributed by atoms with van der Waals surface area (Å²) in [5, 5.41) is 39.4. The van der Waals surface area contributed by atoms with Crippen LogP contribution in [0.25, 0.3) is 0 Å². The average Bonchev–Trinajstić information content (AvgIpc) is 3.58. The number of carboxylic acid groups (broad SMARTS) is 3. The zero-order chi connectivity index (χ0) is 41.1. The monoisotopic (exact) mass is 770 g/mol. The molecule has 54 heavy (non-hydrogen) atoms. The maximum Gasteiger partial charge on any atom is 0.326 e. The Morgan fingerprint density at radius 3 is 1.93 bits per heavy atom. The molecule has 1 aliphatic rings. The molecule has 6 amide bonds. The molecule has 0 aromatic rings. The third-order valence-electron chi connectivity index (χ3n) is 8.20. The second-order valence-corrected chi connectivity index (χ2v) is 13.3. The number of aliphatic carboxylic acids is 3. The van der Waals surface area contributed by atoms with Crippen LogP contribution >= 0.6 is 0 Å². The van der Waals surface area contributed by atoms with E-state index in [9.17, 15) is 48.3 Å². The number of aliphatic imine (C=N–C) groups is 1. The molecule has 1 fully saturated rings. The van der Waals surface area contributed by atoms with Gasteiger partial charge in [-0.2, -0.15) is 0 Å². The highest BCUT2D eigenvalue weighted by atomic mass is 16.4. The molecule has 1 saturated heterocycles. The lowest BCUT2D eigenvalue weighted by molar-refractivity contribution is -0.143. The summed E-state index contributed by atoms with van der Waals surface area (Å²) in [6, 6.07) is -7.37. The van der Waals surface area contributed by atoms with E-state index in [1.807, 2.05) is 0 Å². The van der Waals surface area contributed by atoms with E-state index < -0.39 is 109 Å². The fourth-order valence-electron chi connectivity index (χ4n) is 5.40. The first-order valence-corrected chi connectivity index (χ1v) is 17.5. The zero-order valence-corrected chi connectivity index (χ0v) is 30.7. The summed E-state index contributed by atoms with van der Waals surface area (Å²) in [7, 11) is 0. The third kappa shape index (κ3) is 17.3. The summed E-state index contributed by atoms with van der Waals surface area (Å²) in [6.45, 7) is 4.60. The minimum absolute atomic E-state index is 0.0625. The number of amides is 6. The number of nitrogens with two attached hydrogens (primary N) is 3.